The largest absolute Gasteiger partial charge is 0.457 e. The van der Waals surface area contributed by atoms with Crippen molar-refractivity contribution < 1.29 is 9.84 Å². The summed E-state index contributed by atoms with van der Waals surface area (Å²) in [5, 5.41) is 13.1. The number of hydrogen-bond acceptors (Lipinski definition) is 4. The van der Waals surface area contributed by atoms with Gasteiger partial charge in [-0.3, -0.25) is 4.90 Å². The monoisotopic (exact) mass is 298 g/mol. The van der Waals surface area contributed by atoms with Crippen molar-refractivity contribution in [3.63, 3.8) is 0 Å². The van der Waals surface area contributed by atoms with Gasteiger partial charge in [0.1, 0.15) is 11.5 Å². The summed E-state index contributed by atoms with van der Waals surface area (Å²) in [6.07, 6.45) is 0. The average molecular weight is 298 g/mol. The molecule has 0 aliphatic carbocycles. The quantitative estimate of drug-likeness (QED) is 0.890. The Labute approximate surface area is 131 Å². The molecule has 0 unspecified atom stereocenters. The van der Waals surface area contributed by atoms with Gasteiger partial charge in [0, 0.05) is 26.2 Å². The van der Waals surface area contributed by atoms with Gasteiger partial charge in [0.05, 0.1) is 12.6 Å². The maximum absolute atomic E-state index is 9.74. The lowest BCUT2D eigenvalue weighted by atomic mass is 10.1. The number of hydrogen-bond donors (Lipinski definition) is 2. The third-order valence-corrected chi connectivity index (χ3v) is 4.01. The molecule has 4 nitrogen and oxygen atoms in total. The van der Waals surface area contributed by atoms with Gasteiger partial charge < -0.3 is 15.2 Å². The molecule has 1 fully saturated rings. The molecule has 0 radical (unpaired) electrons. The highest BCUT2D eigenvalue weighted by Crippen LogP contribution is 2.25. The van der Waals surface area contributed by atoms with Gasteiger partial charge >= 0.3 is 0 Å². The molecule has 1 atom stereocenters. The number of benzene rings is 2. The maximum Gasteiger partial charge on any atom is 0.127 e. The van der Waals surface area contributed by atoms with E-state index in [1.165, 1.54) is 0 Å². The smallest absolute Gasteiger partial charge is 0.127 e. The summed E-state index contributed by atoms with van der Waals surface area (Å²) in [7, 11) is 0. The first kappa shape index (κ1) is 15.0. The van der Waals surface area contributed by atoms with Crippen molar-refractivity contribution in [2.24, 2.45) is 0 Å². The first-order valence-electron chi connectivity index (χ1n) is 7.75. The van der Waals surface area contributed by atoms with E-state index in [2.05, 4.69) is 10.2 Å². The molecule has 0 spiro atoms. The standard InChI is InChI=1S/C18H22N2O2/c21-14-18(20-12-10-19-11-13-20)15-6-8-17(9-7-15)22-16-4-2-1-3-5-16/h1-9,18-19,21H,10-14H2/t18-/m1/s1. The number of nitrogens with one attached hydrogen (secondary N) is 1. The van der Waals surface area contributed by atoms with Crippen LogP contribution in [-0.2, 0) is 0 Å². The number of nitrogens with zero attached hydrogens (tertiary/aromatic N) is 1. The zero-order valence-corrected chi connectivity index (χ0v) is 12.6. The van der Waals surface area contributed by atoms with E-state index in [0.717, 1.165) is 43.2 Å². The molecular weight excluding hydrogens is 276 g/mol. The maximum atomic E-state index is 9.74. The molecule has 0 saturated carbocycles. The van der Waals surface area contributed by atoms with E-state index in [9.17, 15) is 5.11 Å². The molecule has 0 amide bonds. The molecule has 1 aliphatic heterocycles. The molecule has 4 heteroatoms. The Morgan fingerprint density at radius 2 is 1.59 bits per heavy atom. The number of ether oxygens (including phenoxy) is 1. The predicted molar refractivity (Wildman–Crippen MR) is 87.2 cm³/mol. The fourth-order valence-electron chi connectivity index (χ4n) is 2.81. The molecule has 0 bridgehead atoms. The van der Waals surface area contributed by atoms with Crippen LogP contribution in [0, 0.1) is 0 Å². The van der Waals surface area contributed by atoms with Gasteiger partial charge in [-0.05, 0) is 29.8 Å². The Bertz CT molecular complexity index is 565. The topological polar surface area (TPSA) is 44.7 Å². The van der Waals surface area contributed by atoms with Crippen LogP contribution < -0.4 is 10.1 Å². The second kappa shape index (κ2) is 7.40. The van der Waals surface area contributed by atoms with E-state index in [-0.39, 0.29) is 12.6 Å². The second-order valence-corrected chi connectivity index (χ2v) is 5.47. The van der Waals surface area contributed by atoms with E-state index in [1.807, 2.05) is 54.6 Å². The van der Waals surface area contributed by atoms with Crippen LogP contribution in [0.1, 0.15) is 11.6 Å². The van der Waals surface area contributed by atoms with Crippen molar-refractivity contribution in [1.82, 2.24) is 10.2 Å². The zero-order valence-electron chi connectivity index (χ0n) is 12.6. The minimum atomic E-state index is 0.0628. The van der Waals surface area contributed by atoms with Crippen molar-refractivity contribution in [3.8, 4) is 11.5 Å². The van der Waals surface area contributed by atoms with Gasteiger partial charge in [0.15, 0.2) is 0 Å². The number of rotatable bonds is 5. The molecule has 22 heavy (non-hydrogen) atoms. The Morgan fingerprint density at radius 3 is 2.23 bits per heavy atom. The van der Waals surface area contributed by atoms with Crippen molar-refractivity contribution >= 4 is 0 Å². The summed E-state index contributed by atoms with van der Waals surface area (Å²) in [6, 6.07) is 17.8. The molecule has 116 valence electrons. The van der Waals surface area contributed by atoms with Crippen molar-refractivity contribution in [1.29, 1.82) is 0 Å². The second-order valence-electron chi connectivity index (χ2n) is 5.47. The minimum absolute atomic E-state index is 0.0628. The third-order valence-electron chi connectivity index (χ3n) is 4.01. The Balaban J connectivity index is 1.69. The van der Waals surface area contributed by atoms with E-state index in [1.54, 1.807) is 0 Å². The molecule has 2 aromatic carbocycles. The fraction of sp³-hybridized carbons (Fsp3) is 0.333. The van der Waals surface area contributed by atoms with E-state index >= 15 is 0 Å². The van der Waals surface area contributed by atoms with Gasteiger partial charge in [0.2, 0.25) is 0 Å². The van der Waals surface area contributed by atoms with Gasteiger partial charge in [-0.25, -0.2) is 0 Å². The van der Waals surface area contributed by atoms with Crippen molar-refractivity contribution in [2.45, 2.75) is 6.04 Å². The Morgan fingerprint density at radius 1 is 0.955 bits per heavy atom. The summed E-state index contributed by atoms with van der Waals surface area (Å²) in [6.45, 7) is 4.03. The number of aliphatic hydroxyl groups excluding tert-OH is 1. The van der Waals surface area contributed by atoms with Gasteiger partial charge in [-0.15, -0.1) is 0 Å². The Kier molecular flexibility index (Phi) is 5.06. The molecule has 3 rings (SSSR count). The molecule has 1 heterocycles. The SMILES string of the molecule is OC[C@H](c1ccc(Oc2ccccc2)cc1)N1CCNCC1. The van der Waals surface area contributed by atoms with Crippen molar-refractivity contribution in [3.05, 3.63) is 60.2 Å². The van der Waals surface area contributed by atoms with Gasteiger partial charge in [0.25, 0.3) is 0 Å². The molecular formula is C18H22N2O2. The van der Waals surface area contributed by atoms with Gasteiger partial charge in [-0.2, -0.15) is 0 Å². The van der Waals surface area contributed by atoms with Gasteiger partial charge in [-0.1, -0.05) is 30.3 Å². The summed E-state index contributed by atoms with van der Waals surface area (Å²) in [5.74, 6) is 1.64. The molecule has 2 aromatic rings. The molecule has 1 saturated heterocycles. The Hall–Kier alpha value is -1.88. The first-order valence-corrected chi connectivity index (χ1v) is 7.75. The zero-order chi connectivity index (χ0) is 15.2. The third kappa shape index (κ3) is 3.65. The number of aliphatic hydroxyl groups is 1. The van der Waals surface area contributed by atoms with E-state index in [4.69, 9.17) is 4.74 Å². The van der Waals surface area contributed by atoms with E-state index in [0.29, 0.717) is 0 Å². The minimum Gasteiger partial charge on any atom is -0.457 e. The number of para-hydroxylation sites is 1. The van der Waals surface area contributed by atoms with Crippen LogP contribution in [0.25, 0.3) is 0 Å². The van der Waals surface area contributed by atoms with Crippen LogP contribution in [0.3, 0.4) is 0 Å². The highest BCUT2D eigenvalue weighted by atomic mass is 16.5. The normalized spacial score (nSPS) is 17.1. The lowest BCUT2D eigenvalue weighted by Crippen LogP contribution is -2.46. The summed E-state index contributed by atoms with van der Waals surface area (Å²) in [4.78, 5) is 2.32. The van der Waals surface area contributed by atoms with Crippen LogP contribution in [0.2, 0.25) is 0 Å². The van der Waals surface area contributed by atoms with Crippen LogP contribution in [-0.4, -0.2) is 42.8 Å². The summed E-state index contributed by atoms with van der Waals surface area (Å²) >= 11 is 0. The lowest BCUT2D eigenvalue weighted by molar-refractivity contribution is 0.111. The van der Waals surface area contributed by atoms with Crippen LogP contribution in [0.4, 0.5) is 0 Å². The summed E-state index contributed by atoms with van der Waals surface area (Å²) in [5.41, 5.74) is 1.13. The molecule has 2 N–H and O–H groups in total. The van der Waals surface area contributed by atoms with Crippen LogP contribution in [0.5, 0.6) is 11.5 Å². The highest BCUT2D eigenvalue weighted by molar-refractivity contribution is 5.34. The number of piperazine rings is 1. The van der Waals surface area contributed by atoms with Crippen LogP contribution >= 0.6 is 0 Å². The molecule has 1 aliphatic rings. The fourth-order valence-corrected chi connectivity index (χ4v) is 2.81. The first-order chi connectivity index (χ1) is 10.9. The predicted octanol–water partition coefficient (Wildman–Crippen LogP) is 2.42. The lowest BCUT2D eigenvalue weighted by Gasteiger charge is -2.34. The highest BCUT2D eigenvalue weighted by Gasteiger charge is 2.21. The van der Waals surface area contributed by atoms with Crippen LogP contribution in [0.15, 0.2) is 54.6 Å². The van der Waals surface area contributed by atoms with Crippen molar-refractivity contribution in [2.75, 3.05) is 32.8 Å². The molecule has 0 aromatic heterocycles. The summed E-state index contributed by atoms with van der Waals surface area (Å²) < 4.78 is 5.81. The average Bonchev–Trinajstić information content (AvgIpc) is 2.59. The van der Waals surface area contributed by atoms with E-state index < -0.39 is 0 Å².